The summed E-state index contributed by atoms with van der Waals surface area (Å²) in [5, 5.41) is 0. The molecule has 0 atom stereocenters. The van der Waals surface area contributed by atoms with Gasteiger partial charge in [-0.2, -0.15) is 0 Å². The monoisotopic (exact) mass is 183 g/mol. The van der Waals surface area contributed by atoms with Crippen molar-refractivity contribution < 1.29 is 13.9 Å². The fraction of sp³-hybridized carbons (Fsp3) is 0.444. The van der Waals surface area contributed by atoms with Crippen LogP contribution >= 0.6 is 0 Å². The normalized spacial score (nSPS) is 15.5. The predicted molar refractivity (Wildman–Crippen MR) is 44.4 cm³/mol. The van der Waals surface area contributed by atoms with E-state index in [2.05, 4.69) is 4.98 Å². The molecule has 4 heteroatoms. The lowest BCUT2D eigenvalue weighted by molar-refractivity contribution is 0.274. The van der Waals surface area contributed by atoms with Gasteiger partial charge in [-0.05, 0) is 12.8 Å². The van der Waals surface area contributed by atoms with E-state index in [1.54, 1.807) is 0 Å². The molecular formula is C9H10FNO2. The van der Waals surface area contributed by atoms with Crippen LogP contribution in [0.3, 0.4) is 0 Å². The zero-order valence-corrected chi connectivity index (χ0v) is 7.29. The van der Waals surface area contributed by atoms with E-state index in [1.165, 1.54) is 13.3 Å². The van der Waals surface area contributed by atoms with Crippen LogP contribution in [-0.4, -0.2) is 18.2 Å². The maximum Gasteiger partial charge on any atom is 0.200 e. The average Bonchev–Trinajstić information content (AvgIpc) is 2.89. The second-order valence-electron chi connectivity index (χ2n) is 2.97. The van der Waals surface area contributed by atoms with Gasteiger partial charge in [0.2, 0.25) is 0 Å². The minimum absolute atomic E-state index is 0.141. The van der Waals surface area contributed by atoms with Crippen molar-refractivity contribution in [2.75, 3.05) is 7.11 Å². The van der Waals surface area contributed by atoms with Crippen LogP contribution in [0.15, 0.2) is 12.4 Å². The maximum absolute atomic E-state index is 13.1. The molecule has 1 fully saturated rings. The average molecular weight is 183 g/mol. The van der Waals surface area contributed by atoms with Crippen LogP contribution in [0.25, 0.3) is 0 Å². The van der Waals surface area contributed by atoms with Crippen molar-refractivity contribution in [1.29, 1.82) is 0 Å². The fourth-order valence-corrected chi connectivity index (χ4v) is 1.05. The van der Waals surface area contributed by atoms with Crippen LogP contribution < -0.4 is 9.47 Å². The first-order chi connectivity index (χ1) is 6.31. The number of nitrogens with zero attached hydrogens (tertiary/aromatic N) is 1. The number of methoxy groups -OCH3 is 1. The molecule has 1 saturated carbocycles. The zero-order chi connectivity index (χ0) is 9.26. The van der Waals surface area contributed by atoms with Crippen LogP contribution in [0.4, 0.5) is 4.39 Å². The number of halogens is 1. The first-order valence-electron chi connectivity index (χ1n) is 4.15. The molecule has 0 N–H and O–H groups in total. The fourth-order valence-electron chi connectivity index (χ4n) is 1.05. The van der Waals surface area contributed by atoms with Gasteiger partial charge in [-0.3, -0.25) is 4.98 Å². The topological polar surface area (TPSA) is 31.4 Å². The van der Waals surface area contributed by atoms with Gasteiger partial charge in [0.25, 0.3) is 0 Å². The summed E-state index contributed by atoms with van der Waals surface area (Å²) < 4.78 is 23.3. The smallest absolute Gasteiger partial charge is 0.200 e. The number of aromatic nitrogens is 1. The summed E-state index contributed by atoms with van der Waals surface area (Å²) in [5.41, 5.74) is 0. The third kappa shape index (κ3) is 1.71. The molecule has 1 heterocycles. The molecule has 3 nitrogen and oxygen atoms in total. The largest absolute Gasteiger partial charge is 0.490 e. The maximum atomic E-state index is 13.1. The van der Waals surface area contributed by atoms with Crippen molar-refractivity contribution >= 4 is 0 Å². The van der Waals surface area contributed by atoms with E-state index in [0.717, 1.165) is 19.0 Å². The summed E-state index contributed by atoms with van der Waals surface area (Å²) in [6, 6.07) is 0. The molecule has 2 rings (SSSR count). The van der Waals surface area contributed by atoms with Gasteiger partial charge in [-0.25, -0.2) is 4.39 Å². The summed E-state index contributed by atoms with van der Waals surface area (Å²) in [7, 11) is 1.41. The molecule has 70 valence electrons. The Labute approximate surface area is 75.5 Å². The highest BCUT2D eigenvalue weighted by Gasteiger charge is 2.25. The second kappa shape index (κ2) is 3.20. The van der Waals surface area contributed by atoms with Crippen molar-refractivity contribution in [2.24, 2.45) is 0 Å². The van der Waals surface area contributed by atoms with Gasteiger partial charge in [0, 0.05) is 0 Å². The molecule has 0 unspecified atom stereocenters. The van der Waals surface area contributed by atoms with Gasteiger partial charge in [-0.15, -0.1) is 0 Å². The van der Waals surface area contributed by atoms with Gasteiger partial charge >= 0.3 is 0 Å². The first-order valence-corrected chi connectivity index (χ1v) is 4.15. The van der Waals surface area contributed by atoms with Crippen molar-refractivity contribution in [2.45, 2.75) is 18.9 Å². The third-order valence-electron chi connectivity index (χ3n) is 1.84. The van der Waals surface area contributed by atoms with E-state index in [4.69, 9.17) is 9.47 Å². The van der Waals surface area contributed by atoms with Crippen molar-refractivity contribution in [3.05, 3.63) is 18.2 Å². The molecule has 0 radical (unpaired) electrons. The molecule has 0 bridgehead atoms. The SMILES string of the molecule is COc1c(F)cncc1OC1CC1. The summed E-state index contributed by atoms with van der Waals surface area (Å²) in [6.45, 7) is 0. The van der Waals surface area contributed by atoms with E-state index in [9.17, 15) is 4.39 Å². The van der Waals surface area contributed by atoms with Gasteiger partial charge in [0.15, 0.2) is 17.3 Å². The lowest BCUT2D eigenvalue weighted by Gasteiger charge is -2.08. The molecule has 0 amide bonds. The Morgan fingerprint density at radius 1 is 1.46 bits per heavy atom. The van der Waals surface area contributed by atoms with Crippen LogP contribution in [0.1, 0.15) is 12.8 Å². The summed E-state index contributed by atoms with van der Waals surface area (Å²) in [4.78, 5) is 3.69. The van der Waals surface area contributed by atoms with E-state index < -0.39 is 5.82 Å². The standard InChI is InChI=1S/C9H10FNO2/c1-12-9-7(10)4-11-5-8(9)13-6-2-3-6/h4-6H,2-3H2,1H3. The number of ether oxygens (including phenoxy) is 2. The Bertz CT molecular complexity index is 312. The molecule has 1 aliphatic rings. The molecule has 0 spiro atoms. The van der Waals surface area contributed by atoms with Gasteiger partial charge in [-0.1, -0.05) is 0 Å². The third-order valence-corrected chi connectivity index (χ3v) is 1.84. The summed E-state index contributed by atoms with van der Waals surface area (Å²) in [6.07, 6.45) is 4.86. The van der Waals surface area contributed by atoms with Crippen molar-refractivity contribution in [1.82, 2.24) is 4.98 Å². The van der Waals surface area contributed by atoms with E-state index in [0.29, 0.717) is 5.75 Å². The van der Waals surface area contributed by atoms with Crippen molar-refractivity contribution in [3.63, 3.8) is 0 Å². The quantitative estimate of drug-likeness (QED) is 0.715. The van der Waals surface area contributed by atoms with Crippen LogP contribution in [0.2, 0.25) is 0 Å². The van der Waals surface area contributed by atoms with E-state index in [1.807, 2.05) is 0 Å². The second-order valence-corrected chi connectivity index (χ2v) is 2.97. The molecule has 1 aromatic heterocycles. The number of rotatable bonds is 3. The summed E-state index contributed by atoms with van der Waals surface area (Å²) in [5.74, 6) is 0.0487. The lowest BCUT2D eigenvalue weighted by atomic mass is 10.4. The minimum atomic E-state index is -0.486. The van der Waals surface area contributed by atoms with Gasteiger partial charge in [0.1, 0.15) is 0 Å². The number of hydrogen-bond donors (Lipinski definition) is 0. The highest BCUT2D eigenvalue weighted by atomic mass is 19.1. The zero-order valence-electron chi connectivity index (χ0n) is 7.29. The Kier molecular flexibility index (Phi) is 2.04. The molecule has 0 aliphatic heterocycles. The lowest BCUT2D eigenvalue weighted by Crippen LogP contribution is -2.00. The van der Waals surface area contributed by atoms with Gasteiger partial charge < -0.3 is 9.47 Å². The molecule has 0 saturated heterocycles. The summed E-state index contributed by atoms with van der Waals surface area (Å²) >= 11 is 0. The first kappa shape index (κ1) is 8.29. The van der Waals surface area contributed by atoms with Gasteiger partial charge in [0.05, 0.1) is 25.6 Å². The highest BCUT2D eigenvalue weighted by molar-refractivity contribution is 5.38. The van der Waals surface area contributed by atoms with Crippen LogP contribution in [-0.2, 0) is 0 Å². The van der Waals surface area contributed by atoms with Crippen LogP contribution in [0, 0.1) is 5.82 Å². The van der Waals surface area contributed by atoms with Crippen molar-refractivity contribution in [3.8, 4) is 11.5 Å². The Morgan fingerprint density at radius 2 is 2.23 bits per heavy atom. The Morgan fingerprint density at radius 3 is 2.85 bits per heavy atom. The number of pyridine rings is 1. The van der Waals surface area contributed by atoms with E-state index in [-0.39, 0.29) is 11.9 Å². The number of hydrogen-bond acceptors (Lipinski definition) is 3. The van der Waals surface area contributed by atoms with E-state index >= 15 is 0 Å². The molecule has 1 aliphatic carbocycles. The Hall–Kier alpha value is -1.32. The molecule has 1 aromatic rings. The predicted octanol–water partition coefficient (Wildman–Crippen LogP) is 1.77. The molecule has 0 aromatic carbocycles. The highest BCUT2D eigenvalue weighted by Crippen LogP contribution is 2.34. The molecule has 13 heavy (non-hydrogen) atoms. The minimum Gasteiger partial charge on any atom is -0.490 e. The molecular weight excluding hydrogens is 173 g/mol. The Balaban J connectivity index is 2.25. The van der Waals surface area contributed by atoms with Crippen LogP contribution in [0.5, 0.6) is 11.5 Å².